The minimum atomic E-state index is -0.447. The average Bonchev–Trinajstić information content (AvgIpc) is 2.43. The molecule has 1 N–H and O–H groups in total. The van der Waals surface area contributed by atoms with Crippen LogP contribution in [0.3, 0.4) is 0 Å². The molecular weight excluding hydrogens is 242 g/mol. The number of rotatable bonds is 4. The highest BCUT2D eigenvalue weighted by molar-refractivity contribution is 5.93. The SMILES string of the molecule is C\C=C/C=C(\C=C/C)n1cncc(C(=O)NC)c1=O. The van der Waals surface area contributed by atoms with Crippen LogP contribution in [0.5, 0.6) is 0 Å². The van der Waals surface area contributed by atoms with Crippen LogP contribution in [0.2, 0.25) is 0 Å². The van der Waals surface area contributed by atoms with E-state index < -0.39 is 11.5 Å². The van der Waals surface area contributed by atoms with Crippen LogP contribution in [0, 0.1) is 0 Å². The maximum Gasteiger partial charge on any atom is 0.270 e. The molecule has 0 aliphatic rings. The van der Waals surface area contributed by atoms with Crippen molar-refractivity contribution in [2.24, 2.45) is 0 Å². The number of allylic oxidation sites excluding steroid dienone is 6. The van der Waals surface area contributed by atoms with E-state index in [-0.39, 0.29) is 5.56 Å². The number of aromatic nitrogens is 2. The third-order valence-corrected chi connectivity index (χ3v) is 2.38. The van der Waals surface area contributed by atoms with Gasteiger partial charge in [0.2, 0.25) is 0 Å². The molecule has 1 aromatic heterocycles. The van der Waals surface area contributed by atoms with Gasteiger partial charge in [-0.2, -0.15) is 0 Å². The summed E-state index contributed by atoms with van der Waals surface area (Å²) >= 11 is 0. The molecule has 1 aromatic rings. The van der Waals surface area contributed by atoms with Gasteiger partial charge in [-0.05, 0) is 26.0 Å². The van der Waals surface area contributed by atoms with Crippen molar-refractivity contribution in [3.8, 4) is 0 Å². The number of amides is 1. The Bertz CT molecular complexity index is 595. The smallest absolute Gasteiger partial charge is 0.270 e. The molecule has 1 amide bonds. The second-order valence-corrected chi connectivity index (χ2v) is 3.68. The van der Waals surface area contributed by atoms with Crippen LogP contribution in [0.1, 0.15) is 24.2 Å². The third-order valence-electron chi connectivity index (χ3n) is 2.38. The first-order valence-electron chi connectivity index (χ1n) is 5.90. The fourth-order valence-corrected chi connectivity index (χ4v) is 1.47. The summed E-state index contributed by atoms with van der Waals surface area (Å²) in [7, 11) is 1.47. The standard InChI is InChI=1S/C14H17N3O2/c1-4-6-8-11(7-5-2)17-10-16-9-12(14(17)19)13(18)15-3/h4-10H,1-3H3,(H,15,18)/b6-4-,7-5-,11-8+. The van der Waals surface area contributed by atoms with Gasteiger partial charge in [-0.3, -0.25) is 14.2 Å². The van der Waals surface area contributed by atoms with E-state index in [0.29, 0.717) is 5.70 Å². The van der Waals surface area contributed by atoms with Gasteiger partial charge in [0.1, 0.15) is 11.9 Å². The van der Waals surface area contributed by atoms with E-state index in [9.17, 15) is 9.59 Å². The van der Waals surface area contributed by atoms with E-state index in [2.05, 4.69) is 10.3 Å². The highest BCUT2D eigenvalue weighted by Crippen LogP contribution is 2.04. The van der Waals surface area contributed by atoms with Crippen molar-refractivity contribution in [1.29, 1.82) is 0 Å². The number of carbonyl (C=O) groups is 1. The maximum absolute atomic E-state index is 12.2. The molecule has 1 heterocycles. The Hall–Kier alpha value is -2.43. The van der Waals surface area contributed by atoms with Gasteiger partial charge in [-0.25, -0.2) is 4.98 Å². The van der Waals surface area contributed by atoms with Gasteiger partial charge in [0.15, 0.2) is 0 Å². The first-order chi connectivity index (χ1) is 9.15. The molecule has 5 heteroatoms. The lowest BCUT2D eigenvalue weighted by atomic mass is 10.3. The van der Waals surface area contributed by atoms with E-state index in [4.69, 9.17) is 0 Å². The lowest BCUT2D eigenvalue weighted by molar-refractivity contribution is 0.0961. The van der Waals surface area contributed by atoms with Crippen molar-refractivity contribution in [3.63, 3.8) is 0 Å². The van der Waals surface area contributed by atoms with Crippen molar-refractivity contribution in [1.82, 2.24) is 14.9 Å². The molecule has 100 valence electrons. The normalized spacial score (nSPS) is 12.3. The molecule has 0 atom stereocenters. The lowest BCUT2D eigenvalue weighted by Crippen LogP contribution is -2.31. The molecule has 0 bridgehead atoms. The summed E-state index contributed by atoms with van der Waals surface area (Å²) in [6, 6.07) is 0. The minimum absolute atomic E-state index is 0.0147. The van der Waals surface area contributed by atoms with Crippen LogP contribution in [0.15, 0.2) is 47.7 Å². The van der Waals surface area contributed by atoms with Gasteiger partial charge in [0.05, 0.1) is 0 Å². The van der Waals surface area contributed by atoms with Crippen molar-refractivity contribution in [2.75, 3.05) is 7.05 Å². The second kappa shape index (κ2) is 7.10. The molecule has 1 rings (SSSR count). The van der Waals surface area contributed by atoms with Crippen molar-refractivity contribution in [3.05, 3.63) is 58.8 Å². The summed E-state index contributed by atoms with van der Waals surface area (Å²) in [5.74, 6) is -0.447. The van der Waals surface area contributed by atoms with Crippen LogP contribution in [0.4, 0.5) is 0 Å². The molecule has 0 unspecified atom stereocenters. The molecule has 0 radical (unpaired) electrons. The van der Waals surface area contributed by atoms with E-state index in [1.807, 2.05) is 32.1 Å². The summed E-state index contributed by atoms with van der Waals surface area (Å²) in [6.45, 7) is 3.73. The van der Waals surface area contributed by atoms with E-state index >= 15 is 0 Å². The lowest BCUT2D eigenvalue weighted by Gasteiger charge is -2.07. The van der Waals surface area contributed by atoms with Gasteiger partial charge in [-0.1, -0.05) is 18.2 Å². The molecule has 0 fully saturated rings. The summed E-state index contributed by atoms with van der Waals surface area (Å²) in [4.78, 5) is 27.7. The Morgan fingerprint density at radius 1 is 1.37 bits per heavy atom. The van der Waals surface area contributed by atoms with Crippen LogP contribution in [0.25, 0.3) is 5.70 Å². The van der Waals surface area contributed by atoms with Gasteiger partial charge >= 0.3 is 0 Å². The predicted octanol–water partition coefficient (Wildman–Crippen LogP) is 1.60. The number of nitrogens with zero attached hydrogens (tertiary/aromatic N) is 2. The van der Waals surface area contributed by atoms with Crippen molar-refractivity contribution in [2.45, 2.75) is 13.8 Å². The Balaban J connectivity index is 3.41. The summed E-state index contributed by atoms with van der Waals surface area (Å²) in [6.07, 6.45) is 11.7. The van der Waals surface area contributed by atoms with Gasteiger partial charge in [0, 0.05) is 18.9 Å². The number of hydrogen-bond acceptors (Lipinski definition) is 3. The Morgan fingerprint density at radius 3 is 2.68 bits per heavy atom. The Kier molecular flexibility index (Phi) is 5.47. The quantitative estimate of drug-likeness (QED) is 0.835. The zero-order valence-corrected chi connectivity index (χ0v) is 11.3. The maximum atomic E-state index is 12.2. The summed E-state index contributed by atoms with van der Waals surface area (Å²) in [5, 5.41) is 2.42. The zero-order chi connectivity index (χ0) is 14.3. The molecule has 5 nitrogen and oxygen atoms in total. The fraction of sp³-hybridized carbons (Fsp3) is 0.214. The third kappa shape index (κ3) is 3.51. The van der Waals surface area contributed by atoms with Gasteiger partial charge in [0.25, 0.3) is 11.5 Å². The molecule has 19 heavy (non-hydrogen) atoms. The molecule has 0 aliphatic heterocycles. The fourth-order valence-electron chi connectivity index (χ4n) is 1.47. The molecule has 0 aromatic carbocycles. The largest absolute Gasteiger partial charge is 0.355 e. The summed E-state index contributed by atoms with van der Waals surface area (Å²) in [5.41, 5.74) is 0.257. The molecule has 0 aliphatic carbocycles. The molecule has 0 saturated heterocycles. The Morgan fingerprint density at radius 2 is 2.11 bits per heavy atom. The van der Waals surface area contributed by atoms with E-state index in [1.165, 1.54) is 24.1 Å². The predicted molar refractivity (Wildman–Crippen MR) is 75.8 cm³/mol. The van der Waals surface area contributed by atoms with Crippen LogP contribution in [-0.2, 0) is 0 Å². The Labute approximate surface area is 112 Å². The molecule has 0 spiro atoms. The van der Waals surface area contributed by atoms with Crippen molar-refractivity contribution < 1.29 is 4.79 Å². The van der Waals surface area contributed by atoms with Gasteiger partial charge in [-0.15, -0.1) is 0 Å². The highest BCUT2D eigenvalue weighted by atomic mass is 16.2. The molecule has 0 saturated carbocycles. The highest BCUT2D eigenvalue weighted by Gasteiger charge is 2.11. The average molecular weight is 259 g/mol. The monoisotopic (exact) mass is 259 g/mol. The first kappa shape index (κ1) is 14.6. The number of nitrogens with one attached hydrogen (secondary N) is 1. The van der Waals surface area contributed by atoms with Crippen molar-refractivity contribution >= 4 is 11.6 Å². The van der Waals surface area contributed by atoms with Crippen LogP contribution >= 0.6 is 0 Å². The first-order valence-corrected chi connectivity index (χ1v) is 5.90. The van der Waals surface area contributed by atoms with Crippen LogP contribution in [-0.4, -0.2) is 22.5 Å². The summed E-state index contributed by atoms with van der Waals surface area (Å²) < 4.78 is 1.34. The number of carbonyl (C=O) groups excluding carboxylic acids is 1. The topological polar surface area (TPSA) is 64.0 Å². The molecular formula is C14H17N3O2. The zero-order valence-electron chi connectivity index (χ0n) is 11.3. The minimum Gasteiger partial charge on any atom is -0.355 e. The van der Waals surface area contributed by atoms with E-state index in [0.717, 1.165) is 0 Å². The second-order valence-electron chi connectivity index (χ2n) is 3.68. The van der Waals surface area contributed by atoms with Crippen LogP contribution < -0.4 is 10.9 Å². The number of hydrogen-bond donors (Lipinski definition) is 1. The van der Waals surface area contributed by atoms with Gasteiger partial charge < -0.3 is 5.32 Å². The van der Waals surface area contributed by atoms with E-state index in [1.54, 1.807) is 12.2 Å².